The SMILES string of the molecule is c1ccc(-c2cc(-c3cccc4c3oc3cccc(-c5cccc(-c6nc(-c7ccccc7)nc(-c7ccccc7)n6)c5)c34)c3sc4ccccc4c3c2)cc1. The lowest BCUT2D eigenvalue weighted by molar-refractivity contribution is 0.670. The normalized spacial score (nSPS) is 11.6. The minimum Gasteiger partial charge on any atom is -0.455 e. The molecule has 11 rings (SSSR count). The lowest BCUT2D eigenvalue weighted by Crippen LogP contribution is -2.00. The van der Waals surface area contributed by atoms with Crippen LogP contribution in [0.3, 0.4) is 0 Å². The number of hydrogen-bond donors (Lipinski definition) is 0. The Morgan fingerprint density at radius 3 is 1.64 bits per heavy atom. The Hall–Kier alpha value is -7.21. The molecule has 0 bridgehead atoms. The predicted octanol–water partition coefficient (Wildman–Crippen LogP) is 14.1. The van der Waals surface area contributed by atoms with E-state index in [0.717, 1.165) is 55.3 Å². The van der Waals surface area contributed by atoms with Gasteiger partial charge in [0.1, 0.15) is 11.2 Å². The Kier molecular flexibility index (Phi) is 7.64. The topological polar surface area (TPSA) is 51.8 Å². The van der Waals surface area contributed by atoms with Crippen LogP contribution in [0, 0.1) is 0 Å². The van der Waals surface area contributed by atoms with Crippen LogP contribution in [-0.2, 0) is 0 Å². The lowest BCUT2D eigenvalue weighted by atomic mass is 9.94. The Morgan fingerprint density at radius 1 is 0.357 bits per heavy atom. The van der Waals surface area contributed by atoms with Crippen LogP contribution in [0.4, 0.5) is 0 Å². The average Bonchev–Trinajstić information content (AvgIpc) is 3.86. The summed E-state index contributed by atoms with van der Waals surface area (Å²) in [5, 5.41) is 4.70. The summed E-state index contributed by atoms with van der Waals surface area (Å²) >= 11 is 1.84. The molecule has 56 heavy (non-hydrogen) atoms. The third-order valence-electron chi connectivity index (χ3n) is 10.5. The number of fused-ring (bicyclic) bond motifs is 6. The van der Waals surface area contributed by atoms with Crippen molar-refractivity contribution in [3.63, 3.8) is 0 Å². The predicted molar refractivity (Wildman–Crippen MR) is 233 cm³/mol. The zero-order chi connectivity index (χ0) is 37.0. The van der Waals surface area contributed by atoms with Crippen LogP contribution in [0.5, 0.6) is 0 Å². The Bertz CT molecular complexity index is 3180. The molecule has 4 nitrogen and oxygen atoms in total. The van der Waals surface area contributed by atoms with Crippen molar-refractivity contribution in [1.29, 1.82) is 0 Å². The number of para-hydroxylation sites is 1. The van der Waals surface area contributed by atoms with E-state index in [1.165, 1.54) is 36.9 Å². The molecule has 0 fully saturated rings. The summed E-state index contributed by atoms with van der Waals surface area (Å²) < 4.78 is 9.42. The van der Waals surface area contributed by atoms with Gasteiger partial charge in [0.2, 0.25) is 0 Å². The molecule has 0 radical (unpaired) electrons. The van der Waals surface area contributed by atoms with Crippen molar-refractivity contribution in [2.75, 3.05) is 0 Å². The second-order valence-electron chi connectivity index (χ2n) is 13.9. The first-order valence-electron chi connectivity index (χ1n) is 18.7. The van der Waals surface area contributed by atoms with Crippen LogP contribution in [-0.4, -0.2) is 15.0 Å². The maximum atomic E-state index is 6.88. The fourth-order valence-corrected chi connectivity index (χ4v) is 9.10. The summed E-state index contributed by atoms with van der Waals surface area (Å²) in [6, 6.07) is 65.6. The van der Waals surface area contributed by atoms with Gasteiger partial charge in [-0.15, -0.1) is 11.3 Å². The van der Waals surface area contributed by atoms with Crippen molar-refractivity contribution < 1.29 is 4.42 Å². The Morgan fingerprint density at radius 2 is 0.911 bits per heavy atom. The molecule has 262 valence electrons. The molecule has 11 aromatic rings. The first-order valence-corrected chi connectivity index (χ1v) is 19.5. The highest BCUT2D eigenvalue weighted by molar-refractivity contribution is 7.26. The molecule has 0 spiro atoms. The molecule has 0 aliphatic heterocycles. The van der Waals surface area contributed by atoms with Gasteiger partial charge in [0, 0.05) is 58.8 Å². The third kappa shape index (κ3) is 5.48. The Balaban J connectivity index is 1.09. The molecule has 0 aliphatic rings. The molecular weight excluding hydrogens is 703 g/mol. The first kappa shape index (κ1) is 32.2. The van der Waals surface area contributed by atoms with Crippen molar-refractivity contribution in [1.82, 2.24) is 15.0 Å². The summed E-state index contributed by atoms with van der Waals surface area (Å²) in [7, 11) is 0. The monoisotopic (exact) mass is 733 g/mol. The molecular formula is C51H31N3OS. The fourth-order valence-electron chi connectivity index (χ4n) is 7.89. The van der Waals surface area contributed by atoms with E-state index in [4.69, 9.17) is 19.4 Å². The molecule has 0 unspecified atom stereocenters. The van der Waals surface area contributed by atoms with Gasteiger partial charge >= 0.3 is 0 Å². The van der Waals surface area contributed by atoms with E-state index in [2.05, 4.69) is 127 Å². The van der Waals surface area contributed by atoms with Crippen LogP contribution in [0.2, 0.25) is 0 Å². The summed E-state index contributed by atoms with van der Waals surface area (Å²) in [6.45, 7) is 0. The largest absolute Gasteiger partial charge is 0.455 e. The molecule has 0 saturated heterocycles. The number of rotatable bonds is 6. The van der Waals surface area contributed by atoms with Gasteiger partial charge in [-0.3, -0.25) is 0 Å². The minimum absolute atomic E-state index is 0.622. The van der Waals surface area contributed by atoms with E-state index in [0.29, 0.717) is 17.5 Å². The quantitative estimate of drug-likeness (QED) is 0.171. The maximum absolute atomic E-state index is 6.88. The highest BCUT2D eigenvalue weighted by Gasteiger charge is 2.20. The van der Waals surface area contributed by atoms with Gasteiger partial charge in [0.25, 0.3) is 0 Å². The van der Waals surface area contributed by atoms with Crippen LogP contribution in [0.1, 0.15) is 0 Å². The van der Waals surface area contributed by atoms with E-state index in [1.807, 2.05) is 72.0 Å². The van der Waals surface area contributed by atoms with E-state index >= 15 is 0 Å². The van der Waals surface area contributed by atoms with Crippen molar-refractivity contribution in [3.05, 3.63) is 188 Å². The van der Waals surface area contributed by atoms with Gasteiger partial charge in [-0.05, 0) is 52.6 Å². The number of aromatic nitrogens is 3. The molecule has 0 saturated carbocycles. The van der Waals surface area contributed by atoms with Gasteiger partial charge in [0.15, 0.2) is 17.5 Å². The number of thiophene rings is 1. The van der Waals surface area contributed by atoms with Crippen LogP contribution < -0.4 is 0 Å². The van der Waals surface area contributed by atoms with Gasteiger partial charge in [-0.2, -0.15) is 0 Å². The molecule has 8 aromatic carbocycles. The molecule has 0 atom stereocenters. The first-order chi connectivity index (χ1) is 27.7. The van der Waals surface area contributed by atoms with E-state index in [-0.39, 0.29) is 0 Å². The molecule has 0 aliphatic carbocycles. The summed E-state index contributed by atoms with van der Waals surface area (Å²) in [5.41, 5.74) is 11.3. The van der Waals surface area contributed by atoms with E-state index in [1.54, 1.807) is 0 Å². The second-order valence-corrected chi connectivity index (χ2v) is 15.0. The van der Waals surface area contributed by atoms with Gasteiger partial charge in [-0.1, -0.05) is 158 Å². The van der Waals surface area contributed by atoms with E-state index in [9.17, 15) is 0 Å². The van der Waals surface area contributed by atoms with Gasteiger partial charge in [-0.25, -0.2) is 15.0 Å². The molecule has 3 aromatic heterocycles. The number of nitrogens with zero attached hydrogens (tertiary/aromatic N) is 3. The number of furan rings is 1. The summed E-state index contributed by atoms with van der Waals surface area (Å²) in [4.78, 5) is 14.9. The minimum atomic E-state index is 0.622. The van der Waals surface area contributed by atoms with E-state index < -0.39 is 0 Å². The number of benzene rings is 8. The molecule has 0 amide bonds. The number of hydrogen-bond acceptors (Lipinski definition) is 5. The van der Waals surface area contributed by atoms with Crippen molar-refractivity contribution in [2.45, 2.75) is 0 Å². The summed E-state index contributed by atoms with van der Waals surface area (Å²) in [5.74, 6) is 1.90. The fraction of sp³-hybridized carbons (Fsp3) is 0. The summed E-state index contributed by atoms with van der Waals surface area (Å²) in [6.07, 6.45) is 0. The zero-order valence-corrected chi connectivity index (χ0v) is 30.9. The smallest absolute Gasteiger partial charge is 0.164 e. The van der Waals surface area contributed by atoms with Crippen molar-refractivity contribution >= 4 is 53.4 Å². The molecule has 5 heteroatoms. The zero-order valence-electron chi connectivity index (χ0n) is 30.1. The van der Waals surface area contributed by atoms with Gasteiger partial charge < -0.3 is 4.42 Å². The van der Waals surface area contributed by atoms with Crippen LogP contribution in [0.25, 0.3) is 110 Å². The maximum Gasteiger partial charge on any atom is 0.164 e. The van der Waals surface area contributed by atoms with Gasteiger partial charge in [0.05, 0.1) is 0 Å². The highest BCUT2D eigenvalue weighted by Crippen LogP contribution is 2.47. The third-order valence-corrected chi connectivity index (χ3v) is 11.7. The van der Waals surface area contributed by atoms with Crippen LogP contribution in [0.15, 0.2) is 192 Å². The Labute approximate surface area is 327 Å². The highest BCUT2D eigenvalue weighted by atomic mass is 32.1. The van der Waals surface area contributed by atoms with Crippen molar-refractivity contribution in [3.8, 4) is 67.5 Å². The average molecular weight is 734 g/mol. The standard InChI is InChI=1S/C51H31N3OS/c1-4-15-32(16-5-1)37-30-42-39-23-10-11-28-45(39)56-48(42)43(31-37)40-25-13-26-41-46-38(24-14-27-44(46)55-47(40)41)35-21-12-22-36(29-35)51-53-49(33-17-6-2-7-18-33)52-50(54-51)34-19-8-3-9-20-34/h1-31H. The molecule has 0 N–H and O–H groups in total. The second kappa shape index (κ2) is 13.3. The van der Waals surface area contributed by atoms with Crippen LogP contribution >= 0.6 is 11.3 Å². The van der Waals surface area contributed by atoms with Crippen molar-refractivity contribution in [2.24, 2.45) is 0 Å². The lowest BCUT2D eigenvalue weighted by Gasteiger charge is -2.10. The molecule has 3 heterocycles.